The molecule has 2 aromatic carbocycles. The van der Waals surface area contributed by atoms with Crippen molar-refractivity contribution in [2.75, 3.05) is 27.3 Å². The Hall–Kier alpha value is -3.42. The number of benzene rings is 2. The first-order chi connectivity index (χ1) is 13.0. The molecule has 0 fully saturated rings. The number of amides is 3. The van der Waals surface area contributed by atoms with Gasteiger partial charge in [-0.25, -0.2) is 4.39 Å². The van der Waals surface area contributed by atoms with Gasteiger partial charge in [-0.2, -0.15) is 0 Å². The maximum atomic E-state index is 13.8. The lowest BCUT2D eigenvalue weighted by atomic mass is 10.1. The zero-order valence-corrected chi connectivity index (χ0v) is 14.7. The van der Waals surface area contributed by atoms with E-state index in [0.717, 1.165) is 11.0 Å². The molecule has 3 amide bonds. The maximum Gasteiger partial charge on any atom is 0.264 e. The van der Waals surface area contributed by atoms with Crippen molar-refractivity contribution in [3.63, 3.8) is 0 Å². The van der Waals surface area contributed by atoms with Crippen LogP contribution in [0.25, 0.3) is 0 Å². The van der Waals surface area contributed by atoms with E-state index in [1.165, 1.54) is 26.4 Å². The Bertz CT molecular complexity index is 906. The first kappa shape index (κ1) is 18.4. The molecule has 0 bridgehead atoms. The molecule has 1 heterocycles. The van der Waals surface area contributed by atoms with Crippen LogP contribution >= 0.6 is 0 Å². The standard InChI is InChI=1S/C19H17FN2O5/c1-26-13-7-4-8-14(27-2)16(13)17(23)21-9-10-22-18(24)11-5-3-6-12(20)15(11)19(22)25/h3-8H,9-10H2,1-2H3,(H,21,23). The fraction of sp³-hybridized carbons (Fsp3) is 0.211. The van der Waals surface area contributed by atoms with Crippen LogP contribution in [0.4, 0.5) is 4.39 Å². The Morgan fingerprint density at radius 3 is 2.26 bits per heavy atom. The Labute approximate surface area is 154 Å². The summed E-state index contributed by atoms with van der Waals surface area (Å²) in [6, 6.07) is 8.81. The number of nitrogens with one attached hydrogen (secondary N) is 1. The number of rotatable bonds is 6. The third-order valence-corrected chi connectivity index (χ3v) is 4.22. The Morgan fingerprint density at radius 1 is 1.04 bits per heavy atom. The van der Waals surface area contributed by atoms with Gasteiger partial charge in [0.05, 0.1) is 25.3 Å². The molecule has 0 saturated carbocycles. The van der Waals surface area contributed by atoms with Crippen molar-refractivity contribution in [2.45, 2.75) is 0 Å². The summed E-state index contributed by atoms with van der Waals surface area (Å²) in [5.74, 6) is -1.86. The molecule has 0 atom stereocenters. The normalized spacial score (nSPS) is 12.8. The molecular weight excluding hydrogens is 355 g/mol. The van der Waals surface area contributed by atoms with Crippen LogP contribution in [0.1, 0.15) is 31.1 Å². The van der Waals surface area contributed by atoms with Crippen molar-refractivity contribution in [1.29, 1.82) is 0 Å². The number of carbonyl (C=O) groups excluding carboxylic acids is 3. The average Bonchev–Trinajstić information content (AvgIpc) is 2.92. The number of imide groups is 1. The summed E-state index contributed by atoms with van der Waals surface area (Å²) >= 11 is 0. The van der Waals surface area contributed by atoms with E-state index in [1.807, 2.05) is 0 Å². The maximum absolute atomic E-state index is 13.8. The zero-order valence-electron chi connectivity index (χ0n) is 14.7. The topological polar surface area (TPSA) is 84.9 Å². The summed E-state index contributed by atoms with van der Waals surface area (Å²) in [5.41, 5.74) is -0.00569. The van der Waals surface area contributed by atoms with Gasteiger partial charge in [-0.1, -0.05) is 12.1 Å². The molecule has 1 N–H and O–H groups in total. The number of nitrogens with zero attached hydrogens (tertiary/aromatic N) is 1. The predicted octanol–water partition coefficient (Wildman–Crippen LogP) is 1.87. The summed E-state index contributed by atoms with van der Waals surface area (Å²) in [6.07, 6.45) is 0. The molecule has 3 rings (SSSR count). The van der Waals surface area contributed by atoms with Crippen LogP contribution in [0.2, 0.25) is 0 Å². The van der Waals surface area contributed by atoms with E-state index in [4.69, 9.17) is 9.47 Å². The SMILES string of the molecule is COc1cccc(OC)c1C(=O)NCCN1C(=O)c2cccc(F)c2C1=O. The lowest BCUT2D eigenvalue weighted by molar-refractivity contribution is 0.0648. The average molecular weight is 372 g/mol. The quantitative estimate of drug-likeness (QED) is 0.783. The van der Waals surface area contributed by atoms with E-state index in [0.29, 0.717) is 11.5 Å². The number of carbonyl (C=O) groups is 3. The van der Waals surface area contributed by atoms with E-state index in [1.54, 1.807) is 18.2 Å². The van der Waals surface area contributed by atoms with E-state index in [-0.39, 0.29) is 29.8 Å². The van der Waals surface area contributed by atoms with Gasteiger partial charge in [-0.15, -0.1) is 0 Å². The highest BCUT2D eigenvalue weighted by Gasteiger charge is 2.37. The van der Waals surface area contributed by atoms with E-state index < -0.39 is 23.5 Å². The molecule has 0 spiro atoms. The number of ether oxygens (including phenoxy) is 2. The summed E-state index contributed by atoms with van der Waals surface area (Å²) < 4.78 is 24.2. The molecule has 0 aromatic heterocycles. The minimum Gasteiger partial charge on any atom is -0.496 e. The molecule has 140 valence electrons. The number of fused-ring (bicyclic) bond motifs is 1. The van der Waals surface area contributed by atoms with Crippen molar-refractivity contribution in [3.05, 3.63) is 58.9 Å². The molecule has 1 aliphatic heterocycles. The van der Waals surface area contributed by atoms with Gasteiger partial charge in [-0.05, 0) is 24.3 Å². The lowest BCUT2D eigenvalue weighted by Crippen LogP contribution is -2.38. The molecule has 7 nitrogen and oxygen atoms in total. The van der Waals surface area contributed by atoms with Gasteiger partial charge in [0.2, 0.25) is 0 Å². The van der Waals surface area contributed by atoms with Gasteiger partial charge >= 0.3 is 0 Å². The third-order valence-electron chi connectivity index (χ3n) is 4.22. The lowest BCUT2D eigenvalue weighted by Gasteiger charge is -2.16. The molecule has 0 saturated heterocycles. The van der Waals surface area contributed by atoms with E-state index >= 15 is 0 Å². The summed E-state index contributed by atoms with van der Waals surface area (Å²) in [5, 5.41) is 2.62. The van der Waals surface area contributed by atoms with Crippen molar-refractivity contribution in [2.24, 2.45) is 0 Å². The first-order valence-electron chi connectivity index (χ1n) is 8.13. The fourth-order valence-corrected chi connectivity index (χ4v) is 2.94. The van der Waals surface area contributed by atoms with Gasteiger partial charge in [0.1, 0.15) is 22.9 Å². The van der Waals surface area contributed by atoms with Crippen LogP contribution < -0.4 is 14.8 Å². The third kappa shape index (κ3) is 3.21. The van der Waals surface area contributed by atoms with Crippen molar-refractivity contribution in [3.8, 4) is 11.5 Å². The zero-order chi connectivity index (χ0) is 19.6. The fourth-order valence-electron chi connectivity index (χ4n) is 2.94. The van der Waals surface area contributed by atoms with Crippen LogP contribution in [0, 0.1) is 5.82 Å². The molecule has 1 aliphatic rings. The molecule has 8 heteroatoms. The van der Waals surface area contributed by atoms with Gasteiger partial charge in [0.25, 0.3) is 17.7 Å². The van der Waals surface area contributed by atoms with Crippen LogP contribution in [-0.2, 0) is 0 Å². The number of halogens is 1. The predicted molar refractivity (Wildman–Crippen MR) is 93.6 cm³/mol. The second-order valence-corrected chi connectivity index (χ2v) is 5.72. The molecule has 2 aromatic rings. The summed E-state index contributed by atoms with van der Waals surface area (Å²) in [4.78, 5) is 38.0. The van der Waals surface area contributed by atoms with Crippen molar-refractivity contribution in [1.82, 2.24) is 10.2 Å². The molecule has 0 unspecified atom stereocenters. The minimum atomic E-state index is -0.740. The Morgan fingerprint density at radius 2 is 1.67 bits per heavy atom. The number of hydrogen-bond acceptors (Lipinski definition) is 5. The second kappa shape index (κ2) is 7.45. The summed E-state index contributed by atoms with van der Waals surface area (Å²) in [7, 11) is 2.86. The highest BCUT2D eigenvalue weighted by molar-refractivity contribution is 6.21. The molecule has 0 radical (unpaired) electrons. The van der Waals surface area contributed by atoms with Crippen LogP contribution in [0.15, 0.2) is 36.4 Å². The van der Waals surface area contributed by atoms with E-state index in [2.05, 4.69) is 5.32 Å². The molecule has 0 aliphatic carbocycles. The Balaban J connectivity index is 1.70. The number of methoxy groups -OCH3 is 2. The monoisotopic (exact) mass is 372 g/mol. The van der Waals surface area contributed by atoms with Crippen LogP contribution in [0.5, 0.6) is 11.5 Å². The molecule has 27 heavy (non-hydrogen) atoms. The number of hydrogen-bond donors (Lipinski definition) is 1. The van der Waals surface area contributed by atoms with Gasteiger partial charge in [-0.3, -0.25) is 19.3 Å². The second-order valence-electron chi connectivity index (χ2n) is 5.72. The minimum absolute atomic E-state index is 0.00682. The van der Waals surface area contributed by atoms with Crippen LogP contribution in [0.3, 0.4) is 0 Å². The van der Waals surface area contributed by atoms with E-state index in [9.17, 15) is 18.8 Å². The molecular formula is C19H17FN2O5. The van der Waals surface area contributed by atoms with Gasteiger partial charge in [0.15, 0.2) is 0 Å². The largest absolute Gasteiger partial charge is 0.496 e. The van der Waals surface area contributed by atoms with Crippen molar-refractivity contribution < 1.29 is 28.2 Å². The highest BCUT2D eigenvalue weighted by Crippen LogP contribution is 2.28. The highest BCUT2D eigenvalue weighted by atomic mass is 19.1. The van der Waals surface area contributed by atoms with Crippen molar-refractivity contribution >= 4 is 17.7 Å². The summed E-state index contributed by atoms with van der Waals surface area (Å²) in [6.45, 7) is -0.0951. The Kier molecular flexibility index (Phi) is 5.07. The van der Waals surface area contributed by atoms with Gasteiger partial charge < -0.3 is 14.8 Å². The first-order valence-corrected chi connectivity index (χ1v) is 8.13. The van der Waals surface area contributed by atoms with Crippen LogP contribution in [-0.4, -0.2) is 49.9 Å². The van der Waals surface area contributed by atoms with Gasteiger partial charge in [0, 0.05) is 13.1 Å². The smallest absolute Gasteiger partial charge is 0.264 e.